The van der Waals surface area contributed by atoms with E-state index < -0.39 is 0 Å². The van der Waals surface area contributed by atoms with Crippen molar-refractivity contribution in [3.05, 3.63) is 63.7 Å². The van der Waals surface area contributed by atoms with Gasteiger partial charge in [0.1, 0.15) is 11.6 Å². The van der Waals surface area contributed by atoms with Gasteiger partial charge >= 0.3 is 0 Å². The van der Waals surface area contributed by atoms with E-state index in [9.17, 15) is 4.79 Å². The number of nitrogens with zero attached hydrogens (tertiary/aromatic N) is 2. The fourth-order valence-corrected chi connectivity index (χ4v) is 2.81. The van der Waals surface area contributed by atoms with Crippen molar-refractivity contribution in [1.29, 1.82) is 0 Å². The lowest BCUT2D eigenvalue weighted by Crippen LogP contribution is -2.28. The maximum absolute atomic E-state index is 13.1. The summed E-state index contributed by atoms with van der Waals surface area (Å²) in [5, 5.41) is 4.09. The molecule has 1 aromatic heterocycles. The molecule has 0 spiro atoms. The van der Waals surface area contributed by atoms with E-state index in [1.54, 1.807) is 29.9 Å². The molecule has 0 aliphatic rings. The normalized spacial score (nSPS) is 12.3. The highest BCUT2D eigenvalue weighted by molar-refractivity contribution is 6.34. The first-order chi connectivity index (χ1) is 11.6. The lowest BCUT2D eigenvalue weighted by atomic mass is 10.2. The Hall–Kier alpha value is -2.37. The summed E-state index contributed by atoms with van der Waals surface area (Å²) in [5.74, 6) is 1.33. The summed E-state index contributed by atoms with van der Waals surface area (Å²) in [4.78, 5) is 17.7. The van der Waals surface area contributed by atoms with Gasteiger partial charge < -0.3 is 10.1 Å². The Balaban J connectivity index is 2.35. The fraction of sp³-hybridized carbons (Fsp3) is 0.222. The average molecular weight is 344 g/mol. The van der Waals surface area contributed by atoms with Crippen LogP contribution in [-0.4, -0.2) is 23.7 Å². The zero-order chi connectivity index (χ0) is 17.3. The Morgan fingerprint density at radius 2 is 1.92 bits per heavy atom. The third-order valence-corrected chi connectivity index (χ3v) is 4.33. The topological polar surface area (TPSA) is 56.2 Å². The van der Waals surface area contributed by atoms with Crippen LogP contribution in [0.5, 0.6) is 5.75 Å². The number of nitrogens with one attached hydrogen (secondary N) is 1. The van der Waals surface area contributed by atoms with Crippen LogP contribution in [0.25, 0.3) is 16.6 Å². The molecule has 0 radical (unpaired) electrons. The number of hydrogen-bond donors (Lipinski definition) is 1. The zero-order valence-corrected chi connectivity index (χ0v) is 14.5. The van der Waals surface area contributed by atoms with Crippen molar-refractivity contribution in [1.82, 2.24) is 14.9 Å². The first kappa shape index (κ1) is 16.5. The number of halogens is 1. The summed E-state index contributed by atoms with van der Waals surface area (Å²) in [5.41, 5.74) is 1.10. The van der Waals surface area contributed by atoms with Gasteiger partial charge in [0.2, 0.25) is 0 Å². The molecule has 3 aromatic rings. The highest BCUT2D eigenvalue weighted by atomic mass is 35.5. The van der Waals surface area contributed by atoms with Crippen LogP contribution in [0.1, 0.15) is 18.8 Å². The maximum atomic E-state index is 13.1. The summed E-state index contributed by atoms with van der Waals surface area (Å²) >= 11 is 6.24. The Bertz CT molecular complexity index is 935. The van der Waals surface area contributed by atoms with Gasteiger partial charge in [-0.2, -0.15) is 0 Å². The Morgan fingerprint density at radius 1 is 1.21 bits per heavy atom. The van der Waals surface area contributed by atoms with Crippen molar-refractivity contribution in [3.8, 4) is 11.4 Å². The Kier molecular flexibility index (Phi) is 4.55. The van der Waals surface area contributed by atoms with Gasteiger partial charge in [-0.25, -0.2) is 4.98 Å². The molecule has 1 N–H and O–H groups in total. The SMILES string of the molecule is CNC(C)c1nc2c(Cl)cccc2c(=O)n1-c1ccc(OC)cc1. The number of rotatable bonds is 4. The first-order valence-electron chi connectivity index (χ1n) is 7.59. The second-order valence-corrected chi connectivity index (χ2v) is 5.86. The molecule has 1 unspecified atom stereocenters. The van der Waals surface area contributed by atoms with Gasteiger partial charge in [0.05, 0.1) is 34.8 Å². The predicted octanol–water partition coefficient (Wildman–Crippen LogP) is 3.33. The summed E-state index contributed by atoms with van der Waals surface area (Å²) < 4.78 is 6.80. The number of benzene rings is 2. The maximum Gasteiger partial charge on any atom is 0.266 e. The average Bonchev–Trinajstić information content (AvgIpc) is 2.62. The standard InChI is InChI=1S/C18H18ClN3O2/c1-11(20-2)17-21-16-14(5-4-6-15(16)19)18(23)22(17)12-7-9-13(24-3)10-8-12/h4-11,20H,1-3H3. The number of hydrogen-bond acceptors (Lipinski definition) is 4. The molecule has 5 nitrogen and oxygen atoms in total. The number of ether oxygens (including phenoxy) is 1. The Morgan fingerprint density at radius 3 is 2.54 bits per heavy atom. The predicted molar refractivity (Wildman–Crippen MR) is 96.4 cm³/mol. The van der Waals surface area contributed by atoms with E-state index in [1.165, 1.54) is 0 Å². The first-order valence-corrected chi connectivity index (χ1v) is 7.97. The minimum Gasteiger partial charge on any atom is -0.497 e. The van der Waals surface area contributed by atoms with Crippen LogP contribution in [0.2, 0.25) is 5.02 Å². The van der Waals surface area contributed by atoms with Gasteiger partial charge in [-0.15, -0.1) is 0 Å². The van der Waals surface area contributed by atoms with Crippen molar-refractivity contribution in [3.63, 3.8) is 0 Å². The molecule has 3 rings (SSSR count). The molecule has 24 heavy (non-hydrogen) atoms. The van der Waals surface area contributed by atoms with E-state index >= 15 is 0 Å². The van der Waals surface area contributed by atoms with Crippen molar-refractivity contribution >= 4 is 22.5 Å². The van der Waals surface area contributed by atoms with Gasteiger partial charge in [-0.05, 0) is 50.4 Å². The van der Waals surface area contributed by atoms with Crippen molar-refractivity contribution < 1.29 is 4.74 Å². The van der Waals surface area contributed by atoms with E-state index in [1.807, 2.05) is 38.2 Å². The molecular weight excluding hydrogens is 326 g/mol. The summed E-state index contributed by atoms with van der Waals surface area (Å²) in [6, 6.07) is 12.4. The van der Waals surface area contributed by atoms with Crippen molar-refractivity contribution in [2.75, 3.05) is 14.2 Å². The molecule has 1 atom stereocenters. The molecule has 2 aromatic carbocycles. The number of para-hydroxylation sites is 1. The Labute approximate surface area is 144 Å². The minimum absolute atomic E-state index is 0.125. The second-order valence-electron chi connectivity index (χ2n) is 5.45. The van der Waals surface area contributed by atoms with Crippen LogP contribution in [0, 0.1) is 0 Å². The van der Waals surface area contributed by atoms with E-state index in [0.29, 0.717) is 21.7 Å². The van der Waals surface area contributed by atoms with E-state index in [4.69, 9.17) is 16.3 Å². The summed E-state index contributed by atoms with van der Waals surface area (Å²) in [6.07, 6.45) is 0. The van der Waals surface area contributed by atoms with E-state index in [0.717, 1.165) is 11.4 Å². The molecule has 124 valence electrons. The van der Waals surface area contributed by atoms with E-state index in [2.05, 4.69) is 10.3 Å². The number of aromatic nitrogens is 2. The molecule has 6 heteroatoms. The molecule has 0 saturated carbocycles. The van der Waals surface area contributed by atoms with Crippen LogP contribution in [0.3, 0.4) is 0 Å². The fourth-order valence-electron chi connectivity index (χ4n) is 2.59. The van der Waals surface area contributed by atoms with Crippen LogP contribution in [-0.2, 0) is 0 Å². The highest BCUT2D eigenvalue weighted by Gasteiger charge is 2.18. The minimum atomic E-state index is -0.148. The van der Waals surface area contributed by atoms with Crippen LogP contribution in [0.4, 0.5) is 0 Å². The zero-order valence-electron chi connectivity index (χ0n) is 13.7. The van der Waals surface area contributed by atoms with Gasteiger partial charge in [0, 0.05) is 0 Å². The lowest BCUT2D eigenvalue weighted by molar-refractivity contribution is 0.414. The summed E-state index contributed by atoms with van der Waals surface area (Å²) in [7, 11) is 3.43. The van der Waals surface area contributed by atoms with Crippen LogP contribution >= 0.6 is 11.6 Å². The third kappa shape index (κ3) is 2.77. The number of methoxy groups -OCH3 is 1. The monoisotopic (exact) mass is 343 g/mol. The van der Waals surface area contributed by atoms with Gasteiger partial charge in [0.25, 0.3) is 5.56 Å². The largest absolute Gasteiger partial charge is 0.497 e. The van der Waals surface area contributed by atoms with Crippen molar-refractivity contribution in [2.45, 2.75) is 13.0 Å². The second kappa shape index (κ2) is 6.63. The summed E-state index contributed by atoms with van der Waals surface area (Å²) in [6.45, 7) is 1.95. The molecule has 0 aliphatic heterocycles. The highest BCUT2D eigenvalue weighted by Crippen LogP contribution is 2.23. The van der Waals surface area contributed by atoms with E-state index in [-0.39, 0.29) is 11.6 Å². The van der Waals surface area contributed by atoms with Gasteiger partial charge in [-0.3, -0.25) is 9.36 Å². The molecule has 0 aliphatic carbocycles. The molecule has 0 saturated heterocycles. The van der Waals surface area contributed by atoms with Crippen LogP contribution < -0.4 is 15.6 Å². The quantitative estimate of drug-likeness (QED) is 0.789. The molecular formula is C18H18ClN3O2. The smallest absolute Gasteiger partial charge is 0.266 e. The van der Waals surface area contributed by atoms with Crippen LogP contribution in [0.15, 0.2) is 47.3 Å². The molecule has 1 heterocycles. The lowest BCUT2D eigenvalue weighted by Gasteiger charge is -2.18. The number of fused-ring (bicyclic) bond motifs is 1. The molecule has 0 amide bonds. The van der Waals surface area contributed by atoms with Gasteiger partial charge in [-0.1, -0.05) is 17.7 Å². The van der Waals surface area contributed by atoms with Crippen molar-refractivity contribution in [2.24, 2.45) is 0 Å². The molecule has 0 bridgehead atoms. The third-order valence-electron chi connectivity index (χ3n) is 4.03. The molecule has 0 fully saturated rings. The van der Waals surface area contributed by atoms with Gasteiger partial charge in [0.15, 0.2) is 0 Å².